The first kappa shape index (κ1) is 15.7. The van der Waals surface area contributed by atoms with Crippen LogP contribution >= 0.6 is 39.1 Å². The van der Waals surface area contributed by atoms with Gasteiger partial charge in [0.2, 0.25) is 0 Å². The van der Waals surface area contributed by atoms with Crippen LogP contribution in [0.25, 0.3) is 0 Å². The summed E-state index contributed by atoms with van der Waals surface area (Å²) in [6.07, 6.45) is 0. The molecule has 1 N–H and O–H groups in total. The van der Waals surface area contributed by atoms with Crippen LogP contribution in [0.3, 0.4) is 0 Å². The summed E-state index contributed by atoms with van der Waals surface area (Å²) in [5.74, 6) is 0. The van der Waals surface area contributed by atoms with Gasteiger partial charge in [0.15, 0.2) is 0 Å². The van der Waals surface area contributed by atoms with E-state index in [0.717, 1.165) is 15.7 Å². The van der Waals surface area contributed by atoms with Crippen LogP contribution in [0.15, 0.2) is 34.8 Å². The highest BCUT2D eigenvalue weighted by molar-refractivity contribution is 9.10. The van der Waals surface area contributed by atoms with E-state index in [0.29, 0.717) is 10.0 Å². The molecule has 2 rings (SSSR count). The lowest BCUT2D eigenvalue weighted by Gasteiger charge is -2.20. The standard InChI is InChI=1S/C16H16BrCl2N/c1-9-7-10(2)16(13(17)8-9)20-11(3)12-5-4-6-14(18)15(12)19/h4-8,11,20H,1-3H3. The highest BCUT2D eigenvalue weighted by atomic mass is 79.9. The zero-order valence-electron chi connectivity index (χ0n) is 11.6. The summed E-state index contributed by atoms with van der Waals surface area (Å²) in [6.45, 7) is 6.24. The van der Waals surface area contributed by atoms with Crippen LogP contribution in [0, 0.1) is 13.8 Å². The molecular weight excluding hydrogens is 357 g/mol. The van der Waals surface area contributed by atoms with Crippen LogP contribution in [-0.2, 0) is 0 Å². The molecule has 106 valence electrons. The minimum atomic E-state index is 0.0684. The molecule has 0 radical (unpaired) electrons. The first-order chi connectivity index (χ1) is 9.40. The van der Waals surface area contributed by atoms with E-state index in [4.69, 9.17) is 23.2 Å². The molecule has 0 heterocycles. The van der Waals surface area contributed by atoms with Crippen molar-refractivity contribution in [3.05, 3.63) is 61.5 Å². The molecule has 0 saturated heterocycles. The molecule has 0 aliphatic heterocycles. The third kappa shape index (κ3) is 3.30. The first-order valence-corrected chi connectivity index (χ1v) is 7.92. The van der Waals surface area contributed by atoms with Gasteiger partial charge in [-0.2, -0.15) is 0 Å². The van der Waals surface area contributed by atoms with Crippen molar-refractivity contribution in [2.45, 2.75) is 26.8 Å². The van der Waals surface area contributed by atoms with Crippen LogP contribution in [0.2, 0.25) is 10.0 Å². The Bertz CT molecular complexity index is 617. The van der Waals surface area contributed by atoms with E-state index >= 15 is 0 Å². The fraction of sp³-hybridized carbons (Fsp3) is 0.250. The quantitative estimate of drug-likeness (QED) is 0.644. The van der Waals surface area contributed by atoms with Crippen molar-refractivity contribution in [2.75, 3.05) is 5.32 Å². The highest BCUT2D eigenvalue weighted by Gasteiger charge is 2.14. The third-order valence-electron chi connectivity index (χ3n) is 3.24. The Kier molecular flexibility index (Phi) is 5.00. The minimum Gasteiger partial charge on any atom is -0.377 e. The normalized spacial score (nSPS) is 12.3. The molecule has 20 heavy (non-hydrogen) atoms. The lowest BCUT2D eigenvalue weighted by molar-refractivity contribution is 0.881. The van der Waals surface area contributed by atoms with Gasteiger partial charge < -0.3 is 5.32 Å². The fourth-order valence-corrected chi connectivity index (χ4v) is 3.51. The molecule has 2 aromatic rings. The lowest BCUT2D eigenvalue weighted by Crippen LogP contribution is -2.09. The largest absolute Gasteiger partial charge is 0.377 e. The van der Waals surface area contributed by atoms with Gasteiger partial charge in [0.25, 0.3) is 0 Å². The van der Waals surface area contributed by atoms with Gasteiger partial charge in [-0.1, -0.05) is 41.4 Å². The summed E-state index contributed by atoms with van der Waals surface area (Å²) in [6, 6.07) is 10.0. The van der Waals surface area contributed by atoms with Crippen LogP contribution in [-0.4, -0.2) is 0 Å². The van der Waals surface area contributed by atoms with Gasteiger partial charge in [-0.05, 0) is 65.5 Å². The van der Waals surface area contributed by atoms with E-state index in [2.05, 4.69) is 54.2 Å². The van der Waals surface area contributed by atoms with Crippen molar-refractivity contribution < 1.29 is 0 Å². The predicted molar refractivity (Wildman–Crippen MR) is 92.1 cm³/mol. The second-order valence-electron chi connectivity index (χ2n) is 4.95. The maximum absolute atomic E-state index is 6.28. The van der Waals surface area contributed by atoms with Crippen LogP contribution in [0.5, 0.6) is 0 Å². The van der Waals surface area contributed by atoms with Gasteiger partial charge in [0.1, 0.15) is 0 Å². The van der Waals surface area contributed by atoms with E-state index in [1.165, 1.54) is 11.1 Å². The van der Waals surface area contributed by atoms with Crippen molar-refractivity contribution in [3.63, 3.8) is 0 Å². The van der Waals surface area contributed by atoms with Crippen LogP contribution in [0.1, 0.15) is 29.7 Å². The first-order valence-electron chi connectivity index (χ1n) is 6.37. The van der Waals surface area contributed by atoms with Crippen molar-refractivity contribution in [3.8, 4) is 0 Å². The van der Waals surface area contributed by atoms with E-state index in [1.54, 1.807) is 6.07 Å². The molecule has 1 nitrogen and oxygen atoms in total. The smallest absolute Gasteiger partial charge is 0.0644 e. The van der Waals surface area contributed by atoms with E-state index in [1.807, 2.05) is 12.1 Å². The van der Waals surface area contributed by atoms with Gasteiger partial charge in [-0.25, -0.2) is 0 Å². The van der Waals surface area contributed by atoms with Crippen molar-refractivity contribution >= 4 is 44.8 Å². The van der Waals surface area contributed by atoms with Crippen molar-refractivity contribution in [2.24, 2.45) is 0 Å². The van der Waals surface area contributed by atoms with Gasteiger partial charge in [0, 0.05) is 4.47 Å². The van der Waals surface area contributed by atoms with Gasteiger partial charge >= 0.3 is 0 Å². The molecule has 0 spiro atoms. The fourth-order valence-electron chi connectivity index (χ4n) is 2.25. The molecule has 4 heteroatoms. The molecular formula is C16H16BrCl2N. The molecule has 0 fully saturated rings. The summed E-state index contributed by atoms with van der Waals surface area (Å²) in [4.78, 5) is 0. The Morgan fingerprint density at radius 2 is 1.85 bits per heavy atom. The number of hydrogen-bond donors (Lipinski definition) is 1. The highest BCUT2D eigenvalue weighted by Crippen LogP contribution is 2.34. The molecule has 1 atom stereocenters. The number of rotatable bonds is 3. The average Bonchev–Trinajstić information content (AvgIpc) is 2.36. The Labute approximate surface area is 138 Å². The molecule has 0 aliphatic carbocycles. The number of benzene rings is 2. The number of halogens is 3. The maximum atomic E-state index is 6.28. The van der Waals surface area contributed by atoms with Gasteiger partial charge in [-0.3, -0.25) is 0 Å². The zero-order valence-corrected chi connectivity index (χ0v) is 14.7. The molecule has 0 aromatic heterocycles. The summed E-state index contributed by atoms with van der Waals surface area (Å²) in [5.41, 5.74) is 4.50. The number of anilines is 1. The third-order valence-corrected chi connectivity index (χ3v) is 4.70. The topological polar surface area (TPSA) is 12.0 Å². The Balaban J connectivity index is 2.33. The monoisotopic (exact) mass is 371 g/mol. The number of hydrogen-bond acceptors (Lipinski definition) is 1. The molecule has 0 amide bonds. The SMILES string of the molecule is Cc1cc(C)c(NC(C)c2cccc(Cl)c2Cl)c(Br)c1. The Morgan fingerprint density at radius 1 is 1.15 bits per heavy atom. The summed E-state index contributed by atoms with van der Waals surface area (Å²) >= 11 is 16.0. The van der Waals surface area contributed by atoms with E-state index in [-0.39, 0.29) is 6.04 Å². The molecule has 0 saturated carbocycles. The van der Waals surface area contributed by atoms with Crippen molar-refractivity contribution in [1.82, 2.24) is 0 Å². The minimum absolute atomic E-state index is 0.0684. The second kappa shape index (κ2) is 6.38. The molecule has 0 aliphatic rings. The van der Waals surface area contributed by atoms with Crippen molar-refractivity contribution in [1.29, 1.82) is 0 Å². The average molecular weight is 373 g/mol. The second-order valence-corrected chi connectivity index (χ2v) is 6.59. The maximum Gasteiger partial charge on any atom is 0.0644 e. The molecule has 2 aromatic carbocycles. The summed E-state index contributed by atoms with van der Waals surface area (Å²) < 4.78 is 1.06. The number of aryl methyl sites for hydroxylation is 2. The zero-order chi connectivity index (χ0) is 14.9. The Hall–Kier alpha value is -0.700. The number of nitrogens with one attached hydrogen (secondary N) is 1. The van der Waals surface area contributed by atoms with E-state index < -0.39 is 0 Å². The molecule has 0 bridgehead atoms. The van der Waals surface area contributed by atoms with Crippen LogP contribution < -0.4 is 5.32 Å². The van der Waals surface area contributed by atoms with Gasteiger partial charge in [0.05, 0.1) is 21.8 Å². The molecule has 1 unspecified atom stereocenters. The lowest BCUT2D eigenvalue weighted by atomic mass is 10.1. The summed E-state index contributed by atoms with van der Waals surface area (Å²) in [5, 5.41) is 4.69. The van der Waals surface area contributed by atoms with Crippen LogP contribution in [0.4, 0.5) is 5.69 Å². The van der Waals surface area contributed by atoms with E-state index in [9.17, 15) is 0 Å². The summed E-state index contributed by atoms with van der Waals surface area (Å²) in [7, 11) is 0. The Morgan fingerprint density at radius 3 is 2.50 bits per heavy atom. The predicted octanol–water partition coefficient (Wildman–Crippen LogP) is 6.55. The van der Waals surface area contributed by atoms with Gasteiger partial charge in [-0.15, -0.1) is 0 Å².